The molecule has 1 heterocycles. The molecule has 0 spiro atoms. The van der Waals surface area contributed by atoms with Gasteiger partial charge in [0.2, 0.25) is 5.91 Å². The number of carbonyl (C=O) groups excluding carboxylic acids is 1. The van der Waals surface area contributed by atoms with Gasteiger partial charge in [0.25, 0.3) is 0 Å². The molecule has 0 aliphatic rings. The molecule has 6 heteroatoms. The Morgan fingerprint density at radius 3 is 2.11 bits per heavy atom. The van der Waals surface area contributed by atoms with Gasteiger partial charge in [0.15, 0.2) is 0 Å². The number of nitrogens with zero attached hydrogens (tertiary/aromatic N) is 3. The second kappa shape index (κ2) is 8.49. The molecule has 3 N–H and O–H groups in total. The first kappa shape index (κ1) is 18.6. The van der Waals surface area contributed by atoms with Crippen molar-refractivity contribution < 1.29 is 4.79 Å². The summed E-state index contributed by atoms with van der Waals surface area (Å²) in [6.45, 7) is 4.42. The summed E-state index contributed by atoms with van der Waals surface area (Å²) < 4.78 is 1.95. The molecule has 0 radical (unpaired) electrons. The van der Waals surface area contributed by atoms with E-state index >= 15 is 0 Å². The monoisotopic (exact) mass is 363 g/mol. The Morgan fingerprint density at radius 2 is 1.63 bits per heavy atom. The standard InChI is InChI=1S/C21H25N5O/c1-3-15(4-2)20(26-14-23-13-24-26)16-5-9-18(10-6-16)25-19-11-7-17(8-12-19)21(22)27/h5-15,20,25H,3-4H2,1-2H3,(H2,22,27). The van der Waals surface area contributed by atoms with E-state index in [1.165, 1.54) is 5.56 Å². The fourth-order valence-corrected chi connectivity index (χ4v) is 3.39. The van der Waals surface area contributed by atoms with Crippen molar-refractivity contribution in [1.82, 2.24) is 14.8 Å². The number of hydrogen-bond acceptors (Lipinski definition) is 4. The van der Waals surface area contributed by atoms with Crippen LogP contribution in [0, 0.1) is 5.92 Å². The molecule has 0 bridgehead atoms. The first-order chi connectivity index (χ1) is 13.1. The summed E-state index contributed by atoms with van der Waals surface area (Å²) in [5.41, 5.74) is 8.87. The molecule has 3 aromatic rings. The first-order valence-corrected chi connectivity index (χ1v) is 9.23. The number of amides is 1. The molecule has 6 nitrogen and oxygen atoms in total. The lowest BCUT2D eigenvalue weighted by molar-refractivity contribution is 0.100. The van der Waals surface area contributed by atoms with Gasteiger partial charge in [-0.2, -0.15) is 5.10 Å². The van der Waals surface area contributed by atoms with E-state index in [-0.39, 0.29) is 6.04 Å². The third-order valence-corrected chi connectivity index (χ3v) is 4.93. The fraction of sp³-hybridized carbons (Fsp3) is 0.286. The molecule has 0 saturated heterocycles. The van der Waals surface area contributed by atoms with Crippen molar-refractivity contribution in [2.75, 3.05) is 5.32 Å². The van der Waals surface area contributed by atoms with Crippen LogP contribution in [-0.4, -0.2) is 20.7 Å². The van der Waals surface area contributed by atoms with Crippen LogP contribution in [0.1, 0.15) is 48.7 Å². The van der Waals surface area contributed by atoms with Crippen LogP contribution < -0.4 is 11.1 Å². The molecule has 140 valence electrons. The van der Waals surface area contributed by atoms with E-state index in [0.29, 0.717) is 11.5 Å². The highest BCUT2D eigenvalue weighted by Crippen LogP contribution is 2.31. The predicted octanol–water partition coefficient (Wildman–Crippen LogP) is 4.15. The van der Waals surface area contributed by atoms with E-state index in [0.717, 1.165) is 24.2 Å². The lowest BCUT2D eigenvalue weighted by Gasteiger charge is -2.26. The second-order valence-corrected chi connectivity index (χ2v) is 6.59. The summed E-state index contributed by atoms with van der Waals surface area (Å²) >= 11 is 0. The molecule has 0 fully saturated rings. The third-order valence-electron chi connectivity index (χ3n) is 4.93. The highest BCUT2D eigenvalue weighted by atomic mass is 16.1. The van der Waals surface area contributed by atoms with Crippen molar-refractivity contribution >= 4 is 17.3 Å². The number of aromatic nitrogens is 3. The van der Waals surface area contributed by atoms with Crippen LogP contribution in [-0.2, 0) is 0 Å². The van der Waals surface area contributed by atoms with Gasteiger partial charge in [0.05, 0.1) is 6.04 Å². The zero-order valence-corrected chi connectivity index (χ0v) is 15.7. The largest absolute Gasteiger partial charge is 0.366 e. The van der Waals surface area contributed by atoms with E-state index in [4.69, 9.17) is 5.73 Å². The average molecular weight is 363 g/mol. The molecule has 2 aromatic carbocycles. The molecular formula is C21H25N5O. The summed E-state index contributed by atoms with van der Waals surface area (Å²) in [5, 5.41) is 7.72. The van der Waals surface area contributed by atoms with Gasteiger partial charge in [-0.25, -0.2) is 9.67 Å². The van der Waals surface area contributed by atoms with Crippen molar-refractivity contribution in [3.63, 3.8) is 0 Å². The van der Waals surface area contributed by atoms with Crippen LogP contribution in [0.5, 0.6) is 0 Å². The van der Waals surface area contributed by atoms with E-state index in [9.17, 15) is 4.79 Å². The number of nitrogens with two attached hydrogens (primary N) is 1. The highest BCUT2D eigenvalue weighted by Gasteiger charge is 2.23. The number of nitrogens with one attached hydrogen (secondary N) is 1. The van der Waals surface area contributed by atoms with Gasteiger partial charge in [-0.15, -0.1) is 0 Å². The molecule has 1 amide bonds. The van der Waals surface area contributed by atoms with Gasteiger partial charge < -0.3 is 11.1 Å². The molecule has 0 saturated carbocycles. The molecule has 27 heavy (non-hydrogen) atoms. The van der Waals surface area contributed by atoms with Gasteiger partial charge in [-0.1, -0.05) is 38.8 Å². The maximum Gasteiger partial charge on any atom is 0.248 e. The number of hydrogen-bond donors (Lipinski definition) is 2. The summed E-state index contributed by atoms with van der Waals surface area (Å²) in [7, 11) is 0. The minimum Gasteiger partial charge on any atom is -0.366 e. The first-order valence-electron chi connectivity index (χ1n) is 9.23. The van der Waals surface area contributed by atoms with Gasteiger partial charge in [-0.3, -0.25) is 4.79 Å². The van der Waals surface area contributed by atoms with Crippen LogP contribution in [0.3, 0.4) is 0 Å². The minimum absolute atomic E-state index is 0.173. The van der Waals surface area contributed by atoms with Crippen LogP contribution in [0.4, 0.5) is 11.4 Å². The van der Waals surface area contributed by atoms with E-state index in [2.05, 4.69) is 53.5 Å². The van der Waals surface area contributed by atoms with Crippen LogP contribution in [0.2, 0.25) is 0 Å². The molecule has 1 unspecified atom stereocenters. The Hall–Kier alpha value is -3.15. The average Bonchev–Trinajstić information content (AvgIpc) is 3.21. The molecule has 0 aliphatic heterocycles. The number of benzene rings is 2. The third kappa shape index (κ3) is 4.34. The molecular weight excluding hydrogens is 338 g/mol. The van der Waals surface area contributed by atoms with Crippen molar-refractivity contribution in [1.29, 1.82) is 0 Å². The van der Waals surface area contributed by atoms with Gasteiger partial charge in [0.1, 0.15) is 12.7 Å². The summed E-state index contributed by atoms with van der Waals surface area (Å²) in [6, 6.07) is 15.7. The van der Waals surface area contributed by atoms with Crippen LogP contribution in [0.15, 0.2) is 61.2 Å². The number of anilines is 2. The van der Waals surface area contributed by atoms with Gasteiger partial charge in [-0.05, 0) is 47.9 Å². The van der Waals surface area contributed by atoms with Crippen LogP contribution in [0.25, 0.3) is 0 Å². The van der Waals surface area contributed by atoms with E-state index in [1.807, 2.05) is 16.8 Å². The lowest BCUT2D eigenvalue weighted by atomic mass is 9.89. The molecule has 0 aliphatic carbocycles. The fourth-order valence-electron chi connectivity index (χ4n) is 3.39. The normalized spacial score (nSPS) is 12.1. The van der Waals surface area contributed by atoms with Crippen molar-refractivity contribution in [2.45, 2.75) is 32.7 Å². The Balaban J connectivity index is 1.79. The minimum atomic E-state index is -0.425. The predicted molar refractivity (Wildman–Crippen MR) is 107 cm³/mol. The van der Waals surface area contributed by atoms with Gasteiger partial charge >= 0.3 is 0 Å². The SMILES string of the molecule is CCC(CC)C(c1ccc(Nc2ccc(C(N)=O)cc2)cc1)n1cncn1. The van der Waals surface area contributed by atoms with Gasteiger partial charge in [0, 0.05) is 16.9 Å². The van der Waals surface area contributed by atoms with Crippen molar-refractivity contribution in [2.24, 2.45) is 11.7 Å². The maximum absolute atomic E-state index is 11.2. The quantitative estimate of drug-likeness (QED) is 0.629. The van der Waals surface area contributed by atoms with E-state index < -0.39 is 5.91 Å². The Morgan fingerprint density at radius 1 is 1.04 bits per heavy atom. The molecule has 1 aromatic heterocycles. The number of primary amides is 1. The second-order valence-electron chi connectivity index (χ2n) is 6.59. The Bertz CT molecular complexity index is 853. The van der Waals surface area contributed by atoms with Crippen molar-refractivity contribution in [3.05, 3.63) is 72.3 Å². The molecule has 3 rings (SSSR count). The topological polar surface area (TPSA) is 85.8 Å². The van der Waals surface area contributed by atoms with Crippen molar-refractivity contribution in [3.8, 4) is 0 Å². The zero-order chi connectivity index (χ0) is 19.2. The zero-order valence-electron chi connectivity index (χ0n) is 15.7. The summed E-state index contributed by atoms with van der Waals surface area (Å²) in [5.74, 6) is 0.0679. The Kier molecular flexibility index (Phi) is 5.86. The lowest BCUT2D eigenvalue weighted by Crippen LogP contribution is -2.20. The summed E-state index contributed by atoms with van der Waals surface area (Å²) in [4.78, 5) is 15.3. The number of rotatable bonds is 8. The van der Waals surface area contributed by atoms with Crippen LogP contribution >= 0.6 is 0 Å². The number of carbonyl (C=O) groups is 1. The maximum atomic E-state index is 11.2. The smallest absolute Gasteiger partial charge is 0.248 e. The highest BCUT2D eigenvalue weighted by molar-refractivity contribution is 5.93. The Labute approximate surface area is 159 Å². The summed E-state index contributed by atoms with van der Waals surface area (Å²) in [6.07, 6.45) is 5.52. The molecule has 1 atom stereocenters. The van der Waals surface area contributed by atoms with E-state index in [1.54, 1.807) is 24.8 Å².